The fraction of sp³-hybridized carbons (Fsp3) is 0.222. The largest absolute Gasteiger partial charge is 0.490 e. The van der Waals surface area contributed by atoms with Gasteiger partial charge in [0.1, 0.15) is 0 Å². The Morgan fingerprint density at radius 1 is 0.913 bits per heavy atom. The van der Waals surface area contributed by atoms with Crippen molar-refractivity contribution in [1.82, 2.24) is 0 Å². The minimum atomic E-state index is -0.676. The maximum absolute atomic E-state index is 12.5. The van der Waals surface area contributed by atoms with E-state index in [1.165, 1.54) is 6.07 Å². The van der Waals surface area contributed by atoms with Gasteiger partial charge in [-0.25, -0.2) is 0 Å². The van der Waals surface area contributed by atoms with Crippen LogP contribution in [0.1, 0.15) is 34.6 Å². The van der Waals surface area contributed by atoms with Crippen LogP contribution in [0.3, 0.4) is 0 Å². The zero-order chi connectivity index (χ0) is 16.8. The third kappa shape index (κ3) is 3.71. The van der Waals surface area contributed by atoms with Crippen LogP contribution in [-0.4, -0.2) is 24.8 Å². The molecule has 5 heteroatoms. The molecule has 2 aromatic rings. The van der Waals surface area contributed by atoms with E-state index in [0.29, 0.717) is 24.5 Å². The van der Waals surface area contributed by atoms with Crippen molar-refractivity contribution in [2.75, 3.05) is 13.2 Å². The van der Waals surface area contributed by atoms with Crippen molar-refractivity contribution in [2.24, 2.45) is 0 Å². The van der Waals surface area contributed by atoms with Gasteiger partial charge in [-0.15, -0.1) is 0 Å². The highest BCUT2D eigenvalue weighted by Gasteiger charge is 2.24. The topological polar surface area (TPSA) is 52.6 Å². The normalized spacial score (nSPS) is 10.2. The zero-order valence-corrected chi connectivity index (χ0v) is 13.7. The molecule has 0 N–H and O–H groups in total. The molecule has 0 saturated heterocycles. The molecule has 4 nitrogen and oxygen atoms in total. The van der Waals surface area contributed by atoms with Crippen LogP contribution in [0.15, 0.2) is 42.5 Å². The number of carbonyl (C=O) groups excluding carboxylic acids is 2. The summed E-state index contributed by atoms with van der Waals surface area (Å²) in [6.07, 6.45) is 0. The first-order chi connectivity index (χ1) is 11.1. The third-order valence-corrected chi connectivity index (χ3v) is 3.51. The van der Waals surface area contributed by atoms with Crippen molar-refractivity contribution >= 4 is 23.2 Å². The van der Waals surface area contributed by atoms with Gasteiger partial charge < -0.3 is 9.47 Å². The number of hydrogen-bond acceptors (Lipinski definition) is 4. The molecule has 0 fully saturated rings. The summed E-state index contributed by atoms with van der Waals surface area (Å²) in [4.78, 5) is 24.8. The summed E-state index contributed by atoms with van der Waals surface area (Å²) in [6, 6.07) is 11.4. The standard InChI is InChI=1S/C18H17ClO4/c1-3-22-14-11-10-13(15(19)18(14)23-4-2)17(21)16(20)12-8-6-5-7-9-12/h5-11H,3-4H2,1-2H3. The van der Waals surface area contributed by atoms with Gasteiger partial charge >= 0.3 is 0 Å². The highest BCUT2D eigenvalue weighted by molar-refractivity contribution is 6.52. The number of ether oxygens (including phenoxy) is 2. The van der Waals surface area contributed by atoms with Gasteiger partial charge in [0.05, 0.1) is 18.2 Å². The van der Waals surface area contributed by atoms with Crippen molar-refractivity contribution in [3.8, 4) is 11.5 Å². The molecule has 2 aromatic carbocycles. The van der Waals surface area contributed by atoms with E-state index in [-0.39, 0.29) is 16.3 Å². The van der Waals surface area contributed by atoms with E-state index in [2.05, 4.69) is 0 Å². The highest BCUT2D eigenvalue weighted by Crippen LogP contribution is 2.38. The maximum atomic E-state index is 12.5. The lowest BCUT2D eigenvalue weighted by Gasteiger charge is -2.14. The average Bonchev–Trinajstić information content (AvgIpc) is 2.58. The van der Waals surface area contributed by atoms with Crippen LogP contribution in [0.4, 0.5) is 0 Å². The minimum Gasteiger partial charge on any atom is -0.490 e. The number of hydrogen-bond donors (Lipinski definition) is 0. The fourth-order valence-electron chi connectivity index (χ4n) is 2.10. The number of benzene rings is 2. The monoisotopic (exact) mass is 332 g/mol. The molecule has 0 unspecified atom stereocenters. The predicted molar refractivity (Wildman–Crippen MR) is 88.9 cm³/mol. The quantitative estimate of drug-likeness (QED) is 0.563. The molecular formula is C18H17ClO4. The van der Waals surface area contributed by atoms with Crippen LogP contribution < -0.4 is 9.47 Å². The Bertz CT molecular complexity index is 710. The molecule has 0 aromatic heterocycles. The smallest absolute Gasteiger partial charge is 0.235 e. The van der Waals surface area contributed by atoms with Crippen molar-refractivity contribution in [3.05, 3.63) is 58.6 Å². The average molecular weight is 333 g/mol. The van der Waals surface area contributed by atoms with Gasteiger partial charge in [0.25, 0.3) is 0 Å². The van der Waals surface area contributed by atoms with E-state index in [1.54, 1.807) is 43.3 Å². The first kappa shape index (κ1) is 17.0. The Kier molecular flexibility index (Phi) is 5.77. The fourth-order valence-corrected chi connectivity index (χ4v) is 2.40. The summed E-state index contributed by atoms with van der Waals surface area (Å²) in [6.45, 7) is 4.44. The van der Waals surface area contributed by atoms with Gasteiger partial charge in [0.15, 0.2) is 11.5 Å². The lowest BCUT2D eigenvalue weighted by Crippen LogP contribution is -2.15. The molecule has 120 valence electrons. The molecule has 0 aliphatic carbocycles. The summed E-state index contributed by atoms with van der Waals surface area (Å²) >= 11 is 6.28. The first-order valence-corrected chi connectivity index (χ1v) is 7.70. The molecule has 0 spiro atoms. The second kappa shape index (κ2) is 7.79. The molecule has 0 aliphatic heterocycles. The van der Waals surface area contributed by atoms with E-state index in [1.807, 2.05) is 6.92 Å². The number of ketones is 2. The Morgan fingerprint density at radius 2 is 1.57 bits per heavy atom. The molecule has 0 aliphatic rings. The number of halogens is 1. The first-order valence-electron chi connectivity index (χ1n) is 7.32. The lowest BCUT2D eigenvalue weighted by molar-refractivity contribution is 0.0816. The number of rotatable bonds is 7. The van der Waals surface area contributed by atoms with Crippen LogP contribution in [-0.2, 0) is 0 Å². The van der Waals surface area contributed by atoms with Crippen molar-refractivity contribution < 1.29 is 19.1 Å². The molecule has 0 radical (unpaired) electrons. The zero-order valence-electron chi connectivity index (χ0n) is 13.0. The van der Waals surface area contributed by atoms with Crippen LogP contribution in [0.5, 0.6) is 11.5 Å². The molecule has 2 rings (SSSR count). The molecule has 23 heavy (non-hydrogen) atoms. The lowest BCUT2D eigenvalue weighted by atomic mass is 10.0. The molecule has 0 atom stereocenters. The van der Waals surface area contributed by atoms with Gasteiger partial charge in [0, 0.05) is 11.1 Å². The van der Waals surface area contributed by atoms with Gasteiger partial charge in [-0.1, -0.05) is 41.9 Å². The summed E-state index contributed by atoms with van der Waals surface area (Å²) in [5.41, 5.74) is 0.424. The summed E-state index contributed by atoms with van der Waals surface area (Å²) < 4.78 is 10.9. The van der Waals surface area contributed by atoms with Gasteiger partial charge in [0.2, 0.25) is 11.6 Å². The third-order valence-electron chi connectivity index (χ3n) is 3.14. The Labute approximate surface area is 140 Å². The van der Waals surface area contributed by atoms with Crippen LogP contribution in [0.2, 0.25) is 5.02 Å². The second-order valence-corrected chi connectivity index (χ2v) is 5.02. The van der Waals surface area contributed by atoms with Gasteiger partial charge in [-0.3, -0.25) is 9.59 Å². The van der Waals surface area contributed by atoms with E-state index >= 15 is 0 Å². The second-order valence-electron chi connectivity index (χ2n) is 4.64. The van der Waals surface area contributed by atoms with Crippen molar-refractivity contribution in [1.29, 1.82) is 0 Å². The Balaban J connectivity index is 2.41. The van der Waals surface area contributed by atoms with Crippen LogP contribution >= 0.6 is 11.6 Å². The van der Waals surface area contributed by atoms with Gasteiger partial charge in [-0.2, -0.15) is 0 Å². The molecular weight excluding hydrogens is 316 g/mol. The molecule has 0 saturated carbocycles. The van der Waals surface area contributed by atoms with Crippen LogP contribution in [0, 0.1) is 0 Å². The van der Waals surface area contributed by atoms with E-state index < -0.39 is 11.6 Å². The molecule has 0 heterocycles. The summed E-state index contributed by atoms with van der Waals surface area (Å²) in [5.74, 6) is -0.560. The number of carbonyl (C=O) groups is 2. The van der Waals surface area contributed by atoms with Crippen molar-refractivity contribution in [2.45, 2.75) is 13.8 Å². The summed E-state index contributed by atoms with van der Waals surface area (Å²) in [5, 5.41) is 0.0899. The Morgan fingerprint density at radius 3 is 2.17 bits per heavy atom. The minimum absolute atomic E-state index is 0.0899. The van der Waals surface area contributed by atoms with Crippen LogP contribution in [0.25, 0.3) is 0 Å². The molecule has 0 bridgehead atoms. The van der Waals surface area contributed by atoms with E-state index in [9.17, 15) is 9.59 Å². The predicted octanol–water partition coefficient (Wildman–Crippen LogP) is 4.20. The Hall–Kier alpha value is -2.33. The summed E-state index contributed by atoms with van der Waals surface area (Å²) in [7, 11) is 0. The SMILES string of the molecule is CCOc1ccc(C(=O)C(=O)c2ccccc2)c(Cl)c1OCC. The van der Waals surface area contributed by atoms with E-state index in [0.717, 1.165) is 0 Å². The van der Waals surface area contributed by atoms with Crippen molar-refractivity contribution in [3.63, 3.8) is 0 Å². The van der Waals surface area contributed by atoms with E-state index in [4.69, 9.17) is 21.1 Å². The highest BCUT2D eigenvalue weighted by atomic mass is 35.5. The maximum Gasteiger partial charge on any atom is 0.235 e. The number of Topliss-reactive ketones (excluding diaryl/α,β-unsaturated/α-hetero) is 2. The molecule has 0 amide bonds. The van der Waals surface area contributed by atoms with Gasteiger partial charge in [-0.05, 0) is 26.0 Å².